The normalized spacial score (nSPS) is 11.6. The third kappa shape index (κ3) is 11.0. The molecule has 0 spiro atoms. The summed E-state index contributed by atoms with van der Waals surface area (Å²) >= 11 is 4.16. The Kier molecular flexibility index (Phi) is 13.5. The molecule has 2 N–H and O–H groups in total. The molecule has 4 aromatic carbocycles. The van der Waals surface area contributed by atoms with Crippen molar-refractivity contribution < 1.29 is 33.3 Å². The molecule has 0 saturated carbocycles. The number of halogens is 4. The van der Waals surface area contributed by atoms with Gasteiger partial charge >= 0.3 is 11.9 Å². The molecule has 0 unspecified atom stereocenters. The monoisotopic (exact) mass is 758 g/mol. The molecule has 39 heavy (non-hydrogen) atoms. The molecule has 0 aromatic heterocycles. The molecule has 0 heterocycles. The van der Waals surface area contributed by atoms with Crippen molar-refractivity contribution in [2.24, 2.45) is 0 Å². The molecule has 0 aliphatic rings. The number of aliphatic hydroxyl groups excluding tert-OH is 1. The smallest absolute Gasteiger partial charge is 0.338 e. The van der Waals surface area contributed by atoms with E-state index >= 15 is 0 Å². The Morgan fingerprint density at radius 1 is 0.718 bits per heavy atom. The molecule has 2 atom stereocenters. The van der Waals surface area contributed by atoms with Crippen LogP contribution in [0, 0.1) is 18.8 Å². The number of aromatic carboxylic acids is 1. The van der Waals surface area contributed by atoms with Crippen molar-refractivity contribution in [2.45, 2.75) is 26.1 Å². The van der Waals surface area contributed by atoms with E-state index in [9.17, 15) is 18.4 Å². The molecule has 0 saturated heterocycles. The van der Waals surface area contributed by atoms with Crippen molar-refractivity contribution in [1.82, 2.24) is 0 Å². The number of carboxylic acids is 1. The molecule has 0 aliphatic heterocycles. The van der Waals surface area contributed by atoms with E-state index in [1.54, 1.807) is 80.6 Å². The fraction of sp³-hybridized carbons (Fsp3) is 0.133. The lowest BCUT2D eigenvalue weighted by Crippen LogP contribution is -2.10. The van der Waals surface area contributed by atoms with Crippen molar-refractivity contribution in [3.63, 3.8) is 0 Å². The number of hydrogen-bond acceptors (Lipinski definition) is 4. The largest absolute Gasteiger partial charge is 0.478 e. The average molecular weight is 758 g/mol. The Morgan fingerprint density at radius 2 is 1.15 bits per heavy atom. The van der Waals surface area contributed by atoms with Crippen molar-refractivity contribution in [1.29, 1.82) is 0 Å². The van der Waals surface area contributed by atoms with Crippen LogP contribution < -0.4 is 0 Å². The summed E-state index contributed by atoms with van der Waals surface area (Å²) in [6.07, 6.45) is -1.09. The van der Waals surface area contributed by atoms with E-state index in [4.69, 9.17) is 14.9 Å². The van der Waals surface area contributed by atoms with Gasteiger partial charge in [0.25, 0.3) is 0 Å². The highest BCUT2D eigenvalue weighted by atomic mass is 127. The lowest BCUT2D eigenvalue weighted by molar-refractivity contribution is 0.0335. The standard InChI is InChI=1S/C15H12FIO2.C8H8FIO.C7H6O2/c1-10(13-9-12(16)7-8-14(13)17)19-15(18)11-5-3-2-4-6-11;1-5(11)7-4-6(9)2-3-8(7)10;8-7(9)6-4-2-1-3-5-6/h2-10H,1H3;2-5,11H,1H3;1-5H,(H,8,9)/t10-;5-;/m10./s1. The van der Waals surface area contributed by atoms with Crippen molar-refractivity contribution >= 4 is 57.1 Å². The van der Waals surface area contributed by atoms with Crippen LogP contribution in [0.15, 0.2) is 97.1 Å². The maximum Gasteiger partial charge on any atom is 0.338 e. The zero-order valence-corrected chi connectivity index (χ0v) is 25.3. The van der Waals surface area contributed by atoms with Crippen molar-refractivity contribution in [3.05, 3.63) is 138 Å². The number of aliphatic hydroxyl groups is 1. The van der Waals surface area contributed by atoms with E-state index in [1.807, 2.05) is 6.07 Å². The number of rotatable bonds is 5. The molecule has 0 fully saturated rings. The van der Waals surface area contributed by atoms with Crippen molar-refractivity contribution in [2.75, 3.05) is 0 Å². The summed E-state index contributed by atoms with van der Waals surface area (Å²) < 4.78 is 32.9. The van der Waals surface area contributed by atoms with Crippen LogP contribution in [0.5, 0.6) is 0 Å². The minimum Gasteiger partial charge on any atom is -0.478 e. The van der Waals surface area contributed by atoms with E-state index in [2.05, 4.69) is 45.2 Å². The Balaban J connectivity index is 0.000000226. The highest BCUT2D eigenvalue weighted by Crippen LogP contribution is 2.25. The lowest BCUT2D eigenvalue weighted by Gasteiger charge is -2.15. The van der Waals surface area contributed by atoms with Gasteiger partial charge in [0.1, 0.15) is 17.7 Å². The van der Waals surface area contributed by atoms with Gasteiger partial charge in [0, 0.05) is 12.7 Å². The number of hydrogen-bond donors (Lipinski definition) is 2. The van der Waals surface area contributed by atoms with Gasteiger partial charge in [-0.1, -0.05) is 36.4 Å². The van der Waals surface area contributed by atoms with E-state index in [1.165, 1.54) is 24.3 Å². The first-order valence-corrected chi connectivity index (χ1v) is 13.8. The Labute approximate surface area is 253 Å². The molecule has 0 amide bonds. The molecular formula is C30H26F2I2O5. The van der Waals surface area contributed by atoms with Crippen LogP contribution in [-0.2, 0) is 4.74 Å². The second-order valence-corrected chi connectivity index (χ2v) is 10.4. The summed E-state index contributed by atoms with van der Waals surface area (Å²) in [6.45, 7) is 3.36. The molecule has 0 radical (unpaired) electrons. The molecule has 0 bridgehead atoms. The highest BCUT2D eigenvalue weighted by Gasteiger charge is 2.16. The molecule has 4 rings (SSSR count). The summed E-state index contributed by atoms with van der Waals surface area (Å²) in [5.41, 5.74) is 2.13. The quantitative estimate of drug-likeness (QED) is 0.159. The molecular weight excluding hydrogens is 732 g/mol. The van der Waals surface area contributed by atoms with Crippen LogP contribution >= 0.6 is 45.2 Å². The van der Waals surface area contributed by atoms with Crippen molar-refractivity contribution in [3.8, 4) is 0 Å². The first-order valence-electron chi connectivity index (χ1n) is 11.6. The van der Waals surface area contributed by atoms with Gasteiger partial charge in [-0.25, -0.2) is 18.4 Å². The number of esters is 1. The predicted molar refractivity (Wildman–Crippen MR) is 163 cm³/mol. The zero-order chi connectivity index (χ0) is 28.9. The van der Waals surface area contributed by atoms with Crippen LogP contribution in [0.2, 0.25) is 0 Å². The fourth-order valence-electron chi connectivity index (χ4n) is 3.11. The molecule has 0 aliphatic carbocycles. The van der Waals surface area contributed by atoms with Gasteiger partial charge in [0.05, 0.1) is 17.2 Å². The Morgan fingerprint density at radius 3 is 1.56 bits per heavy atom. The topological polar surface area (TPSA) is 83.8 Å². The average Bonchev–Trinajstić information content (AvgIpc) is 2.93. The highest BCUT2D eigenvalue weighted by molar-refractivity contribution is 14.1. The van der Waals surface area contributed by atoms with Gasteiger partial charge in [0.2, 0.25) is 0 Å². The van der Waals surface area contributed by atoms with Crippen LogP contribution in [0.1, 0.15) is 57.9 Å². The van der Waals surface area contributed by atoms with Crippen LogP contribution in [0.4, 0.5) is 8.78 Å². The van der Waals surface area contributed by atoms with E-state index in [0.717, 1.165) is 7.14 Å². The second kappa shape index (κ2) is 16.3. The zero-order valence-electron chi connectivity index (χ0n) is 21.0. The minimum atomic E-state index is -0.879. The summed E-state index contributed by atoms with van der Waals surface area (Å²) in [5, 5.41) is 17.5. The van der Waals surface area contributed by atoms with Crippen LogP contribution in [-0.4, -0.2) is 22.2 Å². The summed E-state index contributed by atoms with van der Waals surface area (Å²) in [6, 6.07) is 25.9. The number of carbonyl (C=O) groups excluding carboxylic acids is 1. The number of carboxylic acid groups (broad SMARTS) is 1. The second-order valence-electron chi connectivity index (χ2n) is 8.09. The van der Waals surface area contributed by atoms with E-state index < -0.39 is 24.1 Å². The third-order valence-electron chi connectivity index (χ3n) is 5.12. The van der Waals surface area contributed by atoms with Gasteiger partial charge in [-0.2, -0.15) is 0 Å². The SMILES string of the molecule is C[C@@H](OC(=O)c1ccccc1)c1cc(F)ccc1I.C[C@H](O)c1cc(F)ccc1I.O=C(O)c1ccccc1. The van der Waals surface area contributed by atoms with Gasteiger partial charge in [0.15, 0.2) is 0 Å². The first-order chi connectivity index (χ1) is 18.5. The van der Waals surface area contributed by atoms with Crippen LogP contribution in [0.3, 0.4) is 0 Å². The number of ether oxygens (including phenoxy) is 1. The summed E-state index contributed by atoms with van der Waals surface area (Å²) in [4.78, 5) is 22.1. The summed E-state index contributed by atoms with van der Waals surface area (Å²) in [7, 11) is 0. The van der Waals surface area contributed by atoms with Crippen LogP contribution in [0.25, 0.3) is 0 Å². The minimum absolute atomic E-state index is 0.304. The number of carbonyl (C=O) groups is 2. The molecule has 4 aromatic rings. The van der Waals surface area contributed by atoms with E-state index in [0.29, 0.717) is 22.3 Å². The Bertz CT molecular complexity index is 1370. The predicted octanol–water partition coefficient (Wildman–Crippen LogP) is 8.22. The Hall–Kier alpha value is -2.90. The third-order valence-corrected chi connectivity index (χ3v) is 7.08. The van der Waals surface area contributed by atoms with Gasteiger partial charge in [-0.05, 0) is 125 Å². The maximum atomic E-state index is 13.2. The first kappa shape index (κ1) is 32.3. The molecule has 5 nitrogen and oxygen atoms in total. The maximum absolute atomic E-state index is 13.2. The lowest BCUT2D eigenvalue weighted by atomic mass is 10.1. The fourth-order valence-corrected chi connectivity index (χ4v) is 4.67. The summed E-state index contributed by atoms with van der Waals surface area (Å²) in [5.74, 6) is -1.93. The van der Waals surface area contributed by atoms with E-state index in [-0.39, 0.29) is 11.6 Å². The molecule has 204 valence electrons. The number of benzene rings is 4. The van der Waals surface area contributed by atoms with Gasteiger partial charge < -0.3 is 14.9 Å². The van der Waals surface area contributed by atoms with Gasteiger partial charge in [-0.15, -0.1) is 0 Å². The van der Waals surface area contributed by atoms with Gasteiger partial charge in [-0.3, -0.25) is 0 Å². The molecule has 9 heteroatoms.